The highest BCUT2D eigenvalue weighted by atomic mass is 32.2. The number of aromatic nitrogens is 3. The molecule has 2 aromatic heterocycles. The summed E-state index contributed by atoms with van der Waals surface area (Å²) in [5, 5.41) is 0. The van der Waals surface area contributed by atoms with Gasteiger partial charge in [0.2, 0.25) is 11.8 Å². The molecule has 0 spiro atoms. The molecular weight excluding hydrogens is 622 g/mol. The van der Waals surface area contributed by atoms with E-state index >= 15 is 0 Å². The Hall–Kier alpha value is -5.12. The molecule has 5 aromatic rings. The zero-order chi connectivity index (χ0) is 32.4. The summed E-state index contributed by atoms with van der Waals surface area (Å²) < 4.78 is 67.8. The number of methoxy groups -OCH3 is 1. The Morgan fingerprint density at radius 2 is 1.85 bits per heavy atom. The highest BCUT2D eigenvalue weighted by molar-refractivity contribution is 7.92. The largest absolute Gasteiger partial charge is 0.479 e. The maximum Gasteiger partial charge on any atom is 0.322 e. The number of ether oxygens (including phenoxy) is 2. The summed E-state index contributed by atoms with van der Waals surface area (Å²) in [5.41, 5.74) is 10.2. The van der Waals surface area contributed by atoms with Gasteiger partial charge >= 0.3 is 6.47 Å². The minimum atomic E-state index is -4.91. The van der Waals surface area contributed by atoms with Crippen LogP contribution in [0.1, 0.15) is 5.56 Å². The first-order valence-electron chi connectivity index (χ1n) is 14.0. The summed E-state index contributed by atoms with van der Waals surface area (Å²) in [6.07, 6.45) is 1.43. The number of pyridine rings is 1. The number of nitrogens with two attached hydrogens (primary N) is 1. The number of nitrogen functional groups attached to an aromatic ring is 1. The van der Waals surface area contributed by atoms with E-state index in [9.17, 15) is 22.0 Å². The smallest absolute Gasteiger partial charge is 0.322 e. The summed E-state index contributed by atoms with van der Waals surface area (Å²) in [6, 6.07) is 16.5. The summed E-state index contributed by atoms with van der Waals surface area (Å²) in [7, 11) is -3.67. The number of halogens is 2. The normalized spacial score (nSPS) is 13.9. The number of hydrogen-bond acceptors (Lipinski definition) is 10. The predicted molar refractivity (Wildman–Crippen MR) is 165 cm³/mol. The minimum absolute atomic E-state index is 0.147. The summed E-state index contributed by atoms with van der Waals surface area (Å²) in [6.45, 7) is 3.67. The number of hydrogen-bond donors (Lipinski definition) is 1. The zero-order valence-corrected chi connectivity index (χ0v) is 25.3. The molecule has 0 saturated carbocycles. The molecular formula is C31H28F2N6O6S. The maximum absolute atomic E-state index is 14.6. The Kier molecular flexibility index (Phi) is 8.53. The minimum Gasteiger partial charge on any atom is -0.479 e. The number of nitrogens with zero attached hydrogens (tertiary/aromatic N) is 5. The molecule has 3 heterocycles. The standard InChI is InChI=1S/C31H28F2N6O6S/c1-43-30-28(39(45-19-40)46(41,42)29-8-6-23(32)16-25(29)33)15-22(17-35-30)21-5-7-26-27(14-21)38(31(34)36-26)24-4-2-3-20(13-24)18-37-9-11-44-12-10-37/h2-8,13-17,19H,9-12,18H2,1H3,(H2,34,36). The van der Waals surface area contributed by atoms with E-state index in [0.29, 0.717) is 41.4 Å². The Morgan fingerprint density at radius 3 is 2.59 bits per heavy atom. The molecule has 1 aliphatic rings. The number of carbonyl (C=O) groups excluding carboxylic acids is 1. The Morgan fingerprint density at radius 1 is 1.04 bits per heavy atom. The van der Waals surface area contributed by atoms with E-state index in [1.807, 2.05) is 28.8 Å². The van der Waals surface area contributed by atoms with Crippen LogP contribution in [0.5, 0.6) is 5.88 Å². The topological polar surface area (TPSA) is 142 Å². The first kappa shape index (κ1) is 30.9. The monoisotopic (exact) mass is 650 g/mol. The first-order chi connectivity index (χ1) is 22.2. The molecule has 238 valence electrons. The molecule has 0 radical (unpaired) electrons. The summed E-state index contributed by atoms with van der Waals surface area (Å²) >= 11 is 0. The van der Waals surface area contributed by atoms with Crippen molar-refractivity contribution in [3.8, 4) is 22.7 Å². The fraction of sp³-hybridized carbons (Fsp3) is 0.194. The van der Waals surface area contributed by atoms with Gasteiger partial charge < -0.3 is 20.0 Å². The van der Waals surface area contributed by atoms with Gasteiger partial charge in [-0.25, -0.2) is 18.7 Å². The maximum atomic E-state index is 14.6. The molecule has 46 heavy (non-hydrogen) atoms. The lowest BCUT2D eigenvalue weighted by atomic mass is 10.1. The highest BCUT2D eigenvalue weighted by Crippen LogP contribution is 2.36. The van der Waals surface area contributed by atoms with Crippen LogP contribution in [0.15, 0.2) is 77.8 Å². The molecule has 12 nitrogen and oxygen atoms in total. The number of imidazole rings is 1. The van der Waals surface area contributed by atoms with Crippen LogP contribution < -0.4 is 14.9 Å². The van der Waals surface area contributed by atoms with Gasteiger partial charge in [-0.05, 0) is 53.6 Å². The number of rotatable bonds is 10. The van der Waals surface area contributed by atoms with Gasteiger partial charge in [-0.2, -0.15) is 8.42 Å². The van der Waals surface area contributed by atoms with Gasteiger partial charge in [0.1, 0.15) is 16.5 Å². The van der Waals surface area contributed by atoms with E-state index < -0.39 is 26.6 Å². The summed E-state index contributed by atoms with van der Waals surface area (Å²) in [5.74, 6) is -2.35. The number of sulfonamides is 1. The number of carbonyl (C=O) groups is 1. The van der Waals surface area contributed by atoms with E-state index in [1.54, 1.807) is 18.2 Å². The Labute approximate surface area is 262 Å². The SMILES string of the molecule is COc1ncc(-c2ccc3nc(N)n(-c4cccc(CN5CCOCC5)c4)c3c2)cc1N(OC=O)S(=O)(=O)c1ccc(F)cc1F. The van der Waals surface area contributed by atoms with Crippen LogP contribution in [-0.4, -0.2) is 67.7 Å². The van der Waals surface area contributed by atoms with Gasteiger partial charge in [-0.3, -0.25) is 14.3 Å². The van der Waals surface area contributed by atoms with Crippen LogP contribution in [-0.2, 0) is 30.9 Å². The molecule has 1 aliphatic heterocycles. The van der Waals surface area contributed by atoms with E-state index in [4.69, 9.17) is 20.0 Å². The molecule has 0 amide bonds. The van der Waals surface area contributed by atoms with Crippen LogP contribution in [0.3, 0.4) is 0 Å². The fourth-order valence-corrected chi connectivity index (χ4v) is 6.56. The molecule has 0 aliphatic carbocycles. The molecule has 0 bridgehead atoms. The van der Waals surface area contributed by atoms with Gasteiger partial charge in [0.15, 0.2) is 5.69 Å². The van der Waals surface area contributed by atoms with Gasteiger partial charge in [0.05, 0.1) is 31.4 Å². The van der Waals surface area contributed by atoms with Crippen molar-refractivity contribution in [2.75, 3.05) is 43.6 Å². The van der Waals surface area contributed by atoms with E-state index in [1.165, 1.54) is 19.4 Å². The zero-order valence-electron chi connectivity index (χ0n) is 24.5. The second-order valence-electron chi connectivity index (χ2n) is 10.3. The number of anilines is 2. The molecule has 1 fully saturated rings. The van der Waals surface area contributed by atoms with Gasteiger partial charge in [0, 0.05) is 43.1 Å². The lowest BCUT2D eigenvalue weighted by Gasteiger charge is -2.26. The third-order valence-electron chi connectivity index (χ3n) is 7.44. The second-order valence-corrected chi connectivity index (χ2v) is 12.0. The van der Waals surface area contributed by atoms with Crippen molar-refractivity contribution in [1.82, 2.24) is 19.4 Å². The first-order valence-corrected chi connectivity index (χ1v) is 15.5. The van der Waals surface area contributed by atoms with Crippen molar-refractivity contribution in [3.63, 3.8) is 0 Å². The van der Waals surface area contributed by atoms with E-state index in [0.717, 1.165) is 43.0 Å². The number of fused-ring (bicyclic) bond motifs is 1. The number of benzene rings is 3. The van der Waals surface area contributed by atoms with Gasteiger partial charge in [0.25, 0.3) is 10.0 Å². The van der Waals surface area contributed by atoms with Gasteiger partial charge in [-0.1, -0.05) is 22.7 Å². The second kappa shape index (κ2) is 12.7. The predicted octanol–water partition coefficient (Wildman–Crippen LogP) is 4.07. The van der Waals surface area contributed by atoms with Crippen LogP contribution in [0, 0.1) is 11.6 Å². The Balaban J connectivity index is 1.41. The lowest BCUT2D eigenvalue weighted by molar-refractivity contribution is -0.128. The lowest BCUT2D eigenvalue weighted by Crippen LogP contribution is -2.35. The van der Waals surface area contributed by atoms with Crippen LogP contribution in [0.25, 0.3) is 27.8 Å². The van der Waals surface area contributed by atoms with E-state index in [-0.39, 0.29) is 28.5 Å². The molecule has 3 aromatic carbocycles. The molecule has 0 unspecified atom stereocenters. The van der Waals surface area contributed by atoms with Crippen molar-refractivity contribution >= 4 is 39.2 Å². The highest BCUT2D eigenvalue weighted by Gasteiger charge is 2.33. The van der Waals surface area contributed by atoms with Crippen LogP contribution in [0.2, 0.25) is 0 Å². The molecule has 1 saturated heterocycles. The van der Waals surface area contributed by atoms with Crippen molar-refractivity contribution in [2.24, 2.45) is 0 Å². The van der Waals surface area contributed by atoms with Crippen molar-refractivity contribution in [1.29, 1.82) is 0 Å². The molecule has 15 heteroatoms. The average molecular weight is 651 g/mol. The van der Waals surface area contributed by atoms with Crippen LogP contribution >= 0.6 is 0 Å². The average Bonchev–Trinajstić information content (AvgIpc) is 3.38. The number of morpholine rings is 1. The van der Waals surface area contributed by atoms with Crippen molar-refractivity contribution in [3.05, 3.63) is 90.1 Å². The van der Waals surface area contributed by atoms with Gasteiger partial charge in [-0.15, -0.1) is 0 Å². The molecule has 6 rings (SSSR count). The molecule has 2 N–H and O–H groups in total. The third kappa shape index (κ3) is 5.94. The van der Waals surface area contributed by atoms with E-state index in [2.05, 4.69) is 14.9 Å². The molecule has 0 atom stereocenters. The van der Waals surface area contributed by atoms with Crippen molar-refractivity contribution < 1.29 is 36.3 Å². The van der Waals surface area contributed by atoms with Crippen LogP contribution in [0.4, 0.5) is 20.4 Å². The summed E-state index contributed by atoms with van der Waals surface area (Å²) in [4.78, 5) is 26.4. The third-order valence-corrected chi connectivity index (χ3v) is 9.05. The Bertz CT molecular complexity index is 2030. The quantitative estimate of drug-likeness (QED) is 0.174. The fourth-order valence-electron chi connectivity index (χ4n) is 5.30. The van der Waals surface area contributed by atoms with Crippen molar-refractivity contribution in [2.45, 2.75) is 11.4 Å².